The van der Waals surface area contributed by atoms with Gasteiger partial charge < -0.3 is 14.8 Å². The SMILES string of the molecule is O=C(c1cccs1)N1CC[C@H]2[C@H](CCC(=O)N2CCc2cnc[nH]2)C1. The normalized spacial score (nSPS) is 23.6. The Morgan fingerprint density at radius 3 is 3.08 bits per heavy atom. The van der Waals surface area contributed by atoms with E-state index < -0.39 is 0 Å². The molecule has 25 heavy (non-hydrogen) atoms. The molecule has 4 rings (SSSR count). The van der Waals surface area contributed by atoms with Gasteiger partial charge in [-0.05, 0) is 30.2 Å². The minimum atomic E-state index is 0.134. The molecule has 2 fully saturated rings. The lowest BCUT2D eigenvalue weighted by Gasteiger charge is -2.47. The van der Waals surface area contributed by atoms with E-state index in [1.807, 2.05) is 33.5 Å². The molecule has 132 valence electrons. The van der Waals surface area contributed by atoms with Gasteiger partial charge in [0.1, 0.15) is 0 Å². The van der Waals surface area contributed by atoms with Crippen molar-refractivity contribution in [1.29, 1.82) is 0 Å². The first-order chi connectivity index (χ1) is 12.2. The minimum Gasteiger partial charge on any atom is -0.348 e. The van der Waals surface area contributed by atoms with Crippen LogP contribution in [0.4, 0.5) is 0 Å². The molecule has 2 aromatic heterocycles. The van der Waals surface area contributed by atoms with Crippen molar-refractivity contribution < 1.29 is 9.59 Å². The number of thiophene rings is 1. The summed E-state index contributed by atoms with van der Waals surface area (Å²) in [4.78, 5) is 37.0. The molecule has 2 aromatic rings. The number of H-pyrrole nitrogens is 1. The summed E-state index contributed by atoms with van der Waals surface area (Å²) in [5.74, 6) is 0.769. The Bertz CT molecular complexity index is 728. The van der Waals surface area contributed by atoms with Crippen LogP contribution >= 0.6 is 11.3 Å². The first kappa shape index (κ1) is 16.3. The molecule has 2 aliphatic heterocycles. The fourth-order valence-electron chi connectivity index (χ4n) is 4.04. The second kappa shape index (κ2) is 7.00. The number of piperidine rings is 2. The summed E-state index contributed by atoms with van der Waals surface area (Å²) in [5.41, 5.74) is 1.06. The van der Waals surface area contributed by atoms with Crippen molar-refractivity contribution in [1.82, 2.24) is 19.8 Å². The van der Waals surface area contributed by atoms with Gasteiger partial charge in [0, 0.05) is 50.4 Å². The van der Waals surface area contributed by atoms with E-state index in [1.165, 1.54) is 11.3 Å². The van der Waals surface area contributed by atoms with Gasteiger partial charge in [-0.2, -0.15) is 0 Å². The third-order valence-corrected chi connectivity index (χ3v) is 6.20. The number of nitrogens with one attached hydrogen (secondary N) is 1. The summed E-state index contributed by atoms with van der Waals surface area (Å²) in [5, 5.41) is 1.94. The zero-order chi connectivity index (χ0) is 17.2. The van der Waals surface area contributed by atoms with Crippen LogP contribution in [0.5, 0.6) is 0 Å². The summed E-state index contributed by atoms with van der Waals surface area (Å²) >= 11 is 1.50. The molecule has 0 radical (unpaired) electrons. The predicted octanol–water partition coefficient (Wildman–Crippen LogP) is 2.17. The van der Waals surface area contributed by atoms with Crippen molar-refractivity contribution in [2.75, 3.05) is 19.6 Å². The molecule has 2 amide bonds. The van der Waals surface area contributed by atoms with Crippen LogP contribution < -0.4 is 0 Å². The van der Waals surface area contributed by atoms with Gasteiger partial charge >= 0.3 is 0 Å². The van der Waals surface area contributed by atoms with Crippen LogP contribution in [0, 0.1) is 5.92 Å². The van der Waals surface area contributed by atoms with Crippen molar-refractivity contribution in [3.05, 3.63) is 40.6 Å². The standard InChI is InChI=1S/C18H22N4O2S/c23-17-4-3-13-11-21(18(24)16-2-1-9-25-16)7-6-15(13)22(17)8-5-14-10-19-12-20-14/h1-2,9-10,12-13,15H,3-8,11H2,(H,19,20)/t13-,15+/m1/s1. The Morgan fingerprint density at radius 1 is 1.40 bits per heavy atom. The highest BCUT2D eigenvalue weighted by Gasteiger charge is 2.40. The topological polar surface area (TPSA) is 69.3 Å². The van der Waals surface area contributed by atoms with Crippen molar-refractivity contribution in [2.24, 2.45) is 5.92 Å². The predicted molar refractivity (Wildman–Crippen MR) is 95.4 cm³/mol. The van der Waals surface area contributed by atoms with Gasteiger partial charge in [-0.15, -0.1) is 11.3 Å². The number of carbonyl (C=O) groups is 2. The third-order valence-electron chi connectivity index (χ3n) is 5.34. The highest BCUT2D eigenvalue weighted by Crippen LogP contribution is 2.32. The van der Waals surface area contributed by atoms with Crippen LogP contribution in [-0.2, 0) is 11.2 Å². The summed E-state index contributed by atoms with van der Waals surface area (Å²) in [7, 11) is 0. The van der Waals surface area contributed by atoms with Crippen molar-refractivity contribution >= 4 is 23.2 Å². The maximum atomic E-state index is 12.6. The Kier molecular flexibility index (Phi) is 4.57. The molecule has 0 spiro atoms. The largest absolute Gasteiger partial charge is 0.348 e. The van der Waals surface area contributed by atoms with E-state index in [4.69, 9.17) is 0 Å². The number of carbonyl (C=O) groups excluding carboxylic acids is 2. The maximum absolute atomic E-state index is 12.6. The van der Waals surface area contributed by atoms with Gasteiger partial charge in [0.2, 0.25) is 5.91 Å². The third kappa shape index (κ3) is 3.33. The molecule has 0 aromatic carbocycles. The van der Waals surface area contributed by atoms with Gasteiger partial charge in [0.25, 0.3) is 5.91 Å². The van der Waals surface area contributed by atoms with Gasteiger partial charge in [-0.25, -0.2) is 4.98 Å². The molecule has 1 N–H and O–H groups in total. The Morgan fingerprint density at radius 2 is 2.32 bits per heavy atom. The lowest BCUT2D eigenvalue weighted by Crippen LogP contribution is -2.57. The van der Waals surface area contributed by atoms with E-state index >= 15 is 0 Å². The number of fused-ring (bicyclic) bond motifs is 1. The van der Waals surface area contributed by atoms with Gasteiger partial charge in [-0.3, -0.25) is 9.59 Å². The monoisotopic (exact) mass is 358 g/mol. The average molecular weight is 358 g/mol. The van der Waals surface area contributed by atoms with Gasteiger partial charge in [0.05, 0.1) is 11.2 Å². The molecule has 2 aliphatic rings. The zero-order valence-electron chi connectivity index (χ0n) is 14.1. The Balaban J connectivity index is 1.41. The first-order valence-corrected chi connectivity index (χ1v) is 9.70. The van der Waals surface area contributed by atoms with Crippen molar-refractivity contribution in [3.8, 4) is 0 Å². The number of amides is 2. The van der Waals surface area contributed by atoms with Crippen LogP contribution in [0.25, 0.3) is 0 Å². The van der Waals surface area contributed by atoms with Crippen LogP contribution in [0.3, 0.4) is 0 Å². The zero-order valence-corrected chi connectivity index (χ0v) is 14.9. The maximum Gasteiger partial charge on any atom is 0.263 e. The van der Waals surface area contributed by atoms with E-state index in [1.54, 1.807) is 6.33 Å². The van der Waals surface area contributed by atoms with E-state index in [0.29, 0.717) is 12.3 Å². The van der Waals surface area contributed by atoms with E-state index in [-0.39, 0.29) is 17.9 Å². The summed E-state index contributed by atoms with van der Waals surface area (Å²) in [6.07, 6.45) is 6.63. The number of rotatable bonds is 4. The summed E-state index contributed by atoms with van der Waals surface area (Å²) in [6, 6.07) is 4.07. The summed E-state index contributed by atoms with van der Waals surface area (Å²) < 4.78 is 0. The Hall–Kier alpha value is -2.15. The van der Waals surface area contributed by atoms with E-state index in [0.717, 1.165) is 49.5 Å². The highest BCUT2D eigenvalue weighted by atomic mass is 32.1. The molecule has 0 unspecified atom stereocenters. The second-order valence-corrected chi connectivity index (χ2v) is 7.74. The van der Waals surface area contributed by atoms with Crippen molar-refractivity contribution in [3.63, 3.8) is 0 Å². The first-order valence-electron chi connectivity index (χ1n) is 8.82. The molecule has 7 heteroatoms. The molecule has 0 aliphatic carbocycles. The number of nitrogens with zero attached hydrogens (tertiary/aromatic N) is 3. The minimum absolute atomic E-state index is 0.134. The molecule has 2 atom stereocenters. The fourth-order valence-corrected chi connectivity index (χ4v) is 4.74. The number of aromatic amines is 1. The van der Waals surface area contributed by atoms with Crippen molar-refractivity contribution in [2.45, 2.75) is 31.7 Å². The van der Waals surface area contributed by atoms with Gasteiger partial charge in [-0.1, -0.05) is 6.07 Å². The molecule has 6 nitrogen and oxygen atoms in total. The molecule has 2 saturated heterocycles. The number of aromatic nitrogens is 2. The quantitative estimate of drug-likeness (QED) is 0.911. The van der Waals surface area contributed by atoms with Crippen LogP contribution in [0.1, 0.15) is 34.6 Å². The van der Waals surface area contributed by atoms with Crippen LogP contribution in [-0.4, -0.2) is 57.3 Å². The van der Waals surface area contributed by atoms with E-state index in [9.17, 15) is 9.59 Å². The number of likely N-dealkylation sites (tertiary alicyclic amines) is 2. The lowest BCUT2D eigenvalue weighted by atomic mass is 9.83. The smallest absolute Gasteiger partial charge is 0.263 e. The van der Waals surface area contributed by atoms with Gasteiger partial charge in [0.15, 0.2) is 0 Å². The molecular weight excluding hydrogens is 336 g/mol. The number of imidazole rings is 1. The second-order valence-electron chi connectivity index (χ2n) is 6.80. The average Bonchev–Trinajstić information content (AvgIpc) is 3.33. The highest BCUT2D eigenvalue weighted by molar-refractivity contribution is 7.12. The molecule has 4 heterocycles. The number of hydrogen-bond donors (Lipinski definition) is 1. The summed E-state index contributed by atoms with van der Waals surface area (Å²) in [6.45, 7) is 2.21. The Labute approximate surface area is 150 Å². The fraction of sp³-hybridized carbons (Fsp3) is 0.500. The molecular formula is C18H22N4O2S. The lowest BCUT2D eigenvalue weighted by molar-refractivity contribution is -0.140. The molecule has 0 saturated carbocycles. The molecule has 0 bridgehead atoms. The number of hydrogen-bond acceptors (Lipinski definition) is 4. The van der Waals surface area contributed by atoms with Crippen LogP contribution in [0.2, 0.25) is 0 Å². The van der Waals surface area contributed by atoms with Crippen LogP contribution in [0.15, 0.2) is 30.0 Å². The van der Waals surface area contributed by atoms with E-state index in [2.05, 4.69) is 9.97 Å².